The van der Waals surface area contributed by atoms with Crippen LogP contribution in [0.25, 0.3) is 0 Å². The highest BCUT2D eigenvalue weighted by Crippen LogP contribution is 2.24. The Morgan fingerprint density at radius 3 is 2.82 bits per heavy atom. The first-order chi connectivity index (χ1) is 10.5. The Hall–Kier alpha value is -1.59. The van der Waals surface area contributed by atoms with Gasteiger partial charge >= 0.3 is 0 Å². The number of carbonyl (C=O) groups is 1. The summed E-state index contributed by atoms with van der Waals surface area (Å²) in [7, 11) is 3.93. The number of rotatable bonds is 6. The summed E-state index contributed by atoms with van der Waals surface area (Å²) in [5.41, 5.74) is 2.97. The molecule has 0 radical (unpaired) electrons. The molecule has 2 N–H and O–H groups in total. The first-order valence-corrected chi connectivity index (χ1v) is 7.89. The summed E-state index contributed by atoms with van der Waals surface area (Å²) in [5.74, 6) is 0.0477. The molecule has 0 saturated carbocycles. The van der Waals surface area contributed by atoms with Crippen LogP contribution in [0.1, 0.15) is 25.3 Å². The third-order valence-electron chi connectivity index (χ3n) is 4.03. The molecule has 2 rings (SSSR count). The third kappa shape index (κ3) is 4.71. The maximum atomic E-state index is 12.0. The fourth-order valence-corrected chi connectivity index (χ4v) is 2.52. The van der Waals surface area contributed by atoms with Crippen LogP contribution in [0.3, 0.4) is 0 Å². The number of hydrogen-bond donors (Lipinski definition) is 2. The van der Waals surface area contributed by atoms with Crippen molar-refractivity contribution in [2.24, 2.45) is 0 Å². The van der Waals surface area contributed by atoms with E-state index in [-0.39, 0.29) is 12.0 Å². The summed E-state index contributed by atoms with van der Waals surface area (Å²) in [4.78, 5) is 14.0. The van der Waals surface area contributed by atoms with Crippen LogP contribution in [0.4, 0.5) is 11.4 Å². The van der Waals surface area contributed by atoms with Crippen LogP contribution in [0.15, 0.2) is 18.2 Å². The number of nitrogens with one attached hydrogen (secondary N) is 2. The molecule has 1 aliphatic rings. The smallest absolute Gasteiger partial charge is 0.225 e. The highest BCUT2D eigenvalue weighted by atomic mass is 16.5. The van der Waals surface area contributed by atoms with Crippen LogP contribution >= 0.6 is 0 Å². The van der Waals surface area contributed by atoms with E-state index in [9.17, 15) is 4.79 Å². The summed E-state index contributed by atoms with van der Waals surface area (Å²) in [6.45, 7) is 5.65. The fraction of sp³-hybridized carbons (Fsp3) is 0.588. The van der Waals surface area contributed by atoms with E-state index in [2.05, 4.69) is 23.6 Å². The van der Waals surface area contributed by atoms with Gasteiger partial charge in [0, 0.05) is 30.9 Å². The second-order valence-electron chi connectivity index (χ2n) is 6.25. The molecule has 0 bridgehead atoms. The number of ether oxygens (including phenoxy) is 1. The van der Waals surface area contributed by atoms with Gasteiger partial charge in [0.05, 0.1) is 12.1 Å². The molecule has 22 heavy (non-hydrogen) atoms. The first-order valence-electron chi connectivity index (χ1n) is 7.89. The molecule has 122 valence electrons. The monoisotopic (exact) mass is 305 g/mol. The zero-order valence-electron chi connectivity index (χ0n) is 14.0. The Balaban J connectivity index is 1.98. The van der Waals surface area contributed by atoms with Crippen molar-refractivity contribution in [3.05, 3.63) is 23.8 Å². The van der Waals surface area contributed by atoms with Crippen LogP contribution in [0, 0.1) is 6.92 Å². The van der Waals surface area contributed by atoms with E-state index in [4.69, 9.17) is 4.74 Å². The van der Waals surface area contributed by atoms with E-state index in [1.807, 2.05) is 38.1 Å². The van der Waals surface area contributed by atoms with E-state index >= 15 is 0 Å². The van der Waals surface area contributed by atoms with Gasteiger partial charge in [0.1, 0.15) is 0 Å². The lowest BCUT2D eigenvalue weighted by Gasteiger charge is -2.19. The van der Waals surface area contributed by atoms with E-state index < -0.39 is 0 Å². The molecule has 0 aliphatic carbocycles. The van der Waals surface area contributed by atoms with E-state index in [0.717, 1.165) is 36.5 Å². The summed E-state index contributed by atoms with van der Waals surface area (Å²) in [6, 6.07) is 6.42. The largest absolute Gasteiger partial charge is 0.380 e. The zero-order valence-corrected chi connectivity index (χ0v) is 14.0. The third-order valence-corrected chi connectivity index (χ3v) is 4.03. The minimum atomic E-state index is 0.0477. The van der Waals surface area contributed by atoms with Gasteiger partial charge in [-0.1, -0.05) is 6.07 Å². The number of amides is 1. The van der Waals surface area contributed by atoms with Crippen molar-refractivity contribution in [2.45, 2.75) is 38.8 Å². The normalized spacial score (nSPS) is 21.1. The molecule has 1 heterocycles. The first kappa shape index (κ1) is 16.8. The molecule has 2 atom stereocenters. The topological polar surface area (TPSA) is 53.6 Å². The van der Waals surface area contributed by atoms with Crippen molar-refractivity contribution in [3.63, 3.8) is 0 Å². The maximum absolute atomic E-state index is 12.0. The van der Waals surface area contributed by atoms with Gasteiger partial charge in [-0.05, 0) is 52.1 Å². The molecule has 1 fully saturated rings. The lowest BCUT2D eigenvalue weighted by atomic mass is 10.1. The molecule has 5 nitrogen and oxygen atoms in total. The molecule has 1 amide bonds. The Morgan fingerprint density at radius 2 is 2.18 bits per heavy atom. The lowest BCUT2D eigenvalue weighted by Crippen LogP contribution is -2.26. The molecule has 1 saturated heterocycles. The molecule has 0 unspecified atom stereocenters. The predicted molar refractivity (Wildman–Crippen MR) is 90.4 cm³/mol. The standard InChI is InChI=1S/C17H27N3O2/c1-12-5-6-14(18-15-8-10-22-13(15)2)11-16(12)19-17(21)7-9-20(3)4/h5-6,11,13,15,18H,7-10H2,1-4H3,(H,19,21)/t13-,15-/m1/s1. The summed E-state index contributed by atoms with van der Waals surface area (Å²) < 4.78 is 5.57. The number of hydrogen-bond acceptors (Lipinski definition) is 4. The summed E-state index contributed by atoms with van der Waals surface area (Å²) in [6.07, 6.45) is 1.73. The molecular formula is C17H27N3O2. The fourth-order valence-electron chi connectivity index (χ4n) is 2.52. The van der Waals surface area contributed by atoms with Crippen molar-refractivity contribution in [1.29, 1.82) is 0 Å². The van der Waals surface area contributed by atoms with Gasteiger partial charge in [-0.3, -0.25) is 4.79 Å². The van der Waals surface area contributed by atoms with E-state index in [0.29, 0.717) is 12.5 Å². The van der Waals surface area contributed by atoms with Crippen LogP contribution in [0.5, 0.6) is 0 Å². The molecule has 0 spiro atoms. The number of nitrogens with zero attached hydrogens (tertiary/aromatic N) is 1. The predicted octanol–water partition coefficient (Wildman–Crippen LogP) is 2.47. The lowest BCUT2D eigenvalue weighted by molar-refractivity contribution is -0.116. The van der Waals surface area contributed by atoms with Gasteiger partial charge in [0.2, 0.25) is 5.91 Å². The van der Waals surface area contributed by atoms with E-state index in [1.54, 1.807) is 0 Å². The van der Waals surface area contributed by atoms with Gasteiger partial charge in [0.15, 0.2) is 0 Å². The van der Waals surface area contributed by atoms with Gasteiger partial charge < -0.3 is 20.3 Å². The quantitative estimate of drug-likeness (QED) is 0.848. The highest BCUT2D eigenvalue weighted by Gasteiger charge is 2.23. The SMILES string of the molecule is Cc1ccc(N[C@@H]2CCO[C@@H]2C)cc1NC(=O)CCN(C)C. The van der Waals surface area contributed by atoms with Crippen LogP contribution in [0.2, 0.25) is 0 Å². The molecule has 1 aliphatic heterocycles. The minimum Gasteiger partial charge on any atom is -0.380 e. The second kappa shape index (κ2) is 7.61. The van der Waals surface area contributed by atoms with Crippen LogP contribution < -0.4 is 10.6 Å². The van der Waals surface area contributed by atoms with E-state index in [1.165, 1.54) is 0 Å². The minimum absolute atomic E-state index is 0.0477. The van der Waals surface area contributed by atoms with Gasteiger partial charge in [-0.25, -0.2) is 0 Å². The zero-order chi connectivity index (χ0) is 16.1. The molecule has 0 aromatic heterocycles. The second-order valence-corrected chi connectivity index (χ2v) is 6.25. The van der Waals surface area contributed by atoms with Crippen LogP contribution in [-0.4, -0.2) is 50.2 Å². The summed E-state index contributed by atoms with van der Waals surface area (Å²) >= 11 is 0. The molecule has 1 aromatic rings. The molecule has 5 heteroatoms. The number of benzene rings is 1. The Kier molecular flexibility index (Phi) is 5.80. The Labute approximate surface area is 133 Å². The average molecular weight is 305 g/mol. The van der Waals surface area contributed by atoms with Crippen molar-refractivity contribution in [1.82, 2.24) is 4.90 Å². The van der Waals surface area contributed by atoms with Crippen molar-refractivity contribution in [3.8, 4) is 0 Å². The Bertz CT molecular complexity index is 517. The Morgan fingerprint density at radius 1 is 1.41 bits per heavy atom. The van der Waals surface area contributed by atoms with Crippen molar-refractivity contribution < 1.29 is 9.53 Å². The van der Waals surface area contributed by atoms with Crippen molar-refractivity contribution in [2.75, 3.05) is 37.9 Å². The van der Waals surface area contributed by atoms with Gasteiger partial charge in [-0.2, -0.15) is 0 Å². The van der Waals surface area contributed by atoms with Gasteiger partial charge in [-0.15, -0.1) is 0 Å². The molecular weight excluding hydrogens is 278 g/mol. The van der Waals surface area contributed by atoms with Crippen molar-refractivity contribution >= 4 is 17.3 Å². The average Bonchev–Trinajstić information content (AvgIpc) is 2.86. The number of carbonyl (C=O) groups excluding carboxylic acids is 1. The number of anilines is 2. The molecule has 1 aromatic carbocycles. The van der Waals surface area contributed by atoms with Crippen LogP contribution in [-0.2, 0) is 9.53 Å². The maximum Gasteiger partial charge on any atom is 0.225 e. The summed E-state index contributed by atoms with van der Waals surface area (Å²) in [5, 5.41) is 6.50. The number of aryl methyl sites for hydroxylation is 1. The highest BCUT2D eigenvalue weighted by molar-refractivity contribution is 5.92. The van der Waals surface area contributed by atoms with Gasteiger partial charge in [0.25, 0.3) is 0 Å².